The fourth-order valence-corrected chi connectivity index (χ4v) is 1.89. The Hall–Kier alpha value is -0.0800. The van der Waals surface area contributed by atoms with E-state index in [2.05, 4.69) is 44.8 Å². The molecule has 0 aromatic carbocycles. The van der Waals surface area contributed by atoms with Crippen molar-refractivity contribution < 1.29 is 0 Å². The van der Waals surface area contributed by atoms with E-state index in [1.165, 1.54) is 25.9 Å². The monoisotopic (exact) mass is 214 g/mol. The van der Waals surface area contributed by atoms with E-state index in [9.17, 15) is 0 Å². The van der Waals surface area contributed by atoms with Gasteiger partial charge in [-0.05, 0) is 45.3 Å². The van der Waals surface area contributed by atoms with Gasteiger partial charge in [0.2, 0.25) is 0 Å². The van der Waals surface area contributed by atoms with Crippen LogP contribution in [0.5, 0.6) is 0 Å². The maximum Gasteiger partial charge on any atom is 0.00790 e. The Bertz CT molecular complexity index is 134. The highest BCUT2D eigenvalue weighted by molar-refractivity contribution is 4.68. The molecule has 0 radical (unpaired) electrons. The normalized spacial score (nSPS) is 13.8. The molecule has 0 aromatic rings. The molecule has 0 spiro atoms. The molecule has 2 nitrogen and oxygen atoms in total. The standard InChI is InChI=1S/C13H30N2/c1-6-9-14-10-8-13(5)15(7-2)11-12(3)4/h12-14H,6-11H2,1-5H3. The summed E-state index contributed by atoms with van der Waals surface area (Å²) in [6, 6.07) is 0.710. The Kier molecular flexibility index (Phi) is 9.12. The third kappa shape index (κ3) is 7.80. The third-order valence-electron chi connectivity index (χ3n) is 2.79. The molecule has 0 saturated carbocycles. The zero-order valence-corrected chi connectivity index (χ0v) is 11.3. The SMILES string of the molecule is CCCNCCC(C)N(CC)CC(C)C. The van der Waals surface area contributed by atoms with Crippen molar-refractivity contribution in [1.82, 2.24) is 10.2 Å². The zero-order chi connectivity index (χ0) is 11.7. The van der Waals surface area contributed by atoms with E-state index in [1.807, 2.05) is 0 Å². The molecule has 0 aliphatic carbocycles. The van der Waals surface area contributed by atoms with E-state index in [0.29, 0.717) is 6.04 Å². The lowest BCUT2D eigenvalue weighted by Crippen LogP contribution is -2.37. The summed E-state index contributed by atoms with van der Waals surface area (Å²) in [5.41, 5.74) is 0. The first-order chi connectivity index (χ1) is 7.11. The Labute approximate surface area is 96.4 Å². The topological polar surface area (TPSA) is 15.3 Å². The van der Waals surface area contributed by atoms with Crippen LogP contribution in [0.15, 0.2) is 0 Å². The van der Waals surface area contributed by atoms with Crippen LogP contribution in [-0.2, 0) is 0 Å². The predicted octanol–water partition coefficient (Wildman–Crippen LogP) is 2.74. The molecule has 0 bridgehead atoms. The van der Waals surface area contributed by atoms with E-state index in [-0.39, 0.29) is 0 Å². The Morgan fingerprint density at radius 1 is 1.07 bits per heavy atom. The fourth-order valence-electron chi connectivity index (χ4n) is 1.89. The minimum absolute atomic E-state index is 0.710. The lowest BCUT2D eigenvalue weighted by Gasteiger charge is -2.29. The number of hydrogen-bond donors (Lipinski definition) is 1. The maximum atomic E-state index is 3.47. The molecule has 1 N–H and O–H groups in total. The summed E-state index contributed by atoms with van der Waals surface area (Å²) < 4.78 is 0. The minimum Gasteiger partial charge on any atom is -0.317 e. The summed E-state index contributed by atoms with van der Waals surface area (Å²) in [6.45, 7) is 16.1. The predicted molar refractivity (Wildman–Crippen MR) is 69.3 cm³/mol. The average molecular weight is 214 g/mol. The van der Waals surface area contributed by atoms with Gasteiger partial charge < -0.3 is 10.2 Å². The van der Waals surface area contributed by atoms with Gasteiger partial charge in [0.05, 0.1) is 0 Å². The van der Waals surface area contributed by atoms with Gasteiger partial charge in [0.1, 0.15) is 0 Å². The van der Waals surface area contributed by atoms with Crippen LogP contribution >= 0.6 is 0 Å². The molecule has 0 amide bonds. The smallest absolute Gasteiger partial charge is 0.00790 e. The van der Waals surface area contributed by atoms with Crippen LogP contribution in [0, 0.1) is 5.92 Å². The van der Waals surface area contributed by atoms with Gasteiger partial charge in [-0.1, -0.05) is 27.7 Å². The summed E-state index contributed by atoms with van der Waals surface area (Å²) >= 11 is 0. The highest BCUT2D eigenvalue weighted by atomic mass is 15.1. The highest BCUT2D eigenvalue weighted by Gasteiger charge is 2.12. The second-order valence-electron chi connectivity index (χ2n) is 4.87. The van der Waals surface area contributed by atoms with Crippen LogP contribution in [0.3, 0.4) is 0 Å². The van der Waals surface area contributed by atoms with Crippen molar-refractivity contribution in [3.05, 3.63) is 0 Å². The molecule has 0 heterocycles. The summed E-state index contributed by atoms with van der Waals surface area (Å²) in [4.78, 5) is 2.58. The maximum absolute atomic E-state index is 3.47. The van der Waals surface area contributed by atoms with Crippen LogP contribution in [0.4, 0.5) is 0 Å². The van der Waals surface area contributed by atoms with Crippen molar-refractivity contribution >= 4 is 0 Å². The Balaban J connectivity index is 3.68. The van der Waals surface area contributed by atoms with Gasteiger partial charge in [-0.15, -0.1) is 0 Å². The second-order valence-corrected chi connectivity index (χ2v) is 4.87. The van der Waals surface area contributed by atoms with Gasteiger partial charge in [-0.25, -0.2) is 0 Å². The lowest BCUT2D eigenvalue weighted by molar-refractivity contribution is 0.187. The van der Waals surface area contributed by atoms with Crippen molar-refractivity contribution in [2.24, 2.45) is 5.92 Å². The minimum atomic E-state index is 0.710. The molecular formula is C13H30N2. The van der Waals surface area contributed by atoms with Crippen LogP contribution in [0.1, 0.15) is 47.5 Å². The Morgan fingerprint density at radius 3 is 2.20 bits per heavy atom. The van der Waals surface area contributed by atoms with E-state index < -0.39 is 0 Å². The van der Waals surface area contributed by atoms with E-state index in [0.717, 1.165) is 19.0 Å². The summed E-state index contributed by atoms with van der Waals surface area (Å²) in [5, 5.41) is 3.47. The van der Waals surface area contributed by atoms with Crippen molar-refractivity contribution in [2.45, 2.75) is 53.5 Å². The molecule has 0 fully saturated rings. The molecule has 0 rings (SSSR count). The van der Waals surface area contributed by atoms with Crippen LogP contribution < -0.4 is 5.32 Å². The second kappa shape index (κ2) is 9.17. The molecule has 0 aliphatic rings. The molecule has 92 valence electrons. The highest BCUT2D eigenvalue weighted by Crippen LogP contribution is 2.06. The molecule has 15 heavy (non-hydrogen) atoms. The van der Waals surface area contributed by atoms with Gasteiger partial charge in [-0.2, -0.15) is 0 Å². The van der Waals surface area contributed by atoms with Crippen molar-refractivity contribution in [3.8, 4) is 0 Å². The van der Waals surface area contributed by atoms with Crippen molar-refractivity contribution in [3.63, 3.8) is 0 Å². The lowest BCUT2D eigenvalue weighted by atomic mass is 10.1. The van der Waals surface area contributed by atoms with Gasteiger partial charge in [0, 0.05) is 12.6 Å². The third-order valence-corrected chi connectivity index (χ3v) is 2.79. The number of nitrogens with zero attached hydrogens (tertiary/aromatic N) is 1. The summed E-state index contributed by atoms with van der Waals surface area (Å²) in [6.07, 6.45) is 2.50. The van der Waals surface area contributed by atoms with Gasteiger partial charge >= 0.3 is 0 Å². The first-order valence-electron chi connectivity index (χ1n) is 6.56. The van der Waals surface area contributed by atoms with E-state index in [4.69, 9.17) is 0 Å². The molecular weight excluding hydrogens is 184 g/mol. The number of hydrogen-bond acceptors (Lipinski definition) is 2. The van der Waals surface area contributed by atoms with E-state index >= 15 is 0 Å². The van der Waals surface area contributed by atoms with Crippen LogP contribution in [0.25, 0.3) is 0 Å². The van der Waals surface area contributed by atoms with Gasteiger partial charge in [0.15, 0.2) is 0 Å². The average Bonchev–Trinajstić information content (AvgIpc) is 2.20. The molecule has 1 atom stereocenters. The summed E-state index contributed by atoms with van der Waals surface area (Å²) in [7, 11) is 0. The largest absolute Gasteiger partial charge is 0.317 e. The molecule has 2 heteroatoms. The number of rotatable bonds is 9. The number of nitrogens with one attached hydrogen (secondary N) is 1. The van der Waals surface area contributed by atoms with Gasteiger partial charge in [-0.3, -0.25) is 0 Å². The van der Waals surface area contributed by atoms with Crippen molar-refractivity contribution in [1.29, 1.82) is 0 Å². The molecule has 0 aliphatic heterocycles. The van der Waals surface area contributed by atoms with E-state index in [1.54, 1.807) is 0 Å². The van der Waals surface area contributed by atoms with Crippen LogP contribution in [0.2, 0.25) is 0 Å². The van der Waals surface area contributed by atoms with Crippen LogP contribution in [-0.4, -0.2) is 37.1 Å². The quantitative estimate of drug-likeness (QED) is 0.594. The summed E-state index contributed by atoms with van der Waals surface area (Å²) in [5.74, 6) is 0.774. The first-order valence-corrected chi connectivity index (χ1v) is 6.56. The Morgan fingerprint density at radius 2 is 1.73 bits per heavy atom. The molecule has 0 saturated heterocycles. The fraction of sp³-hybridized carbons (Fsp3) is 1.00. The van der Waals surface area contributed by atoms with Gasteiger partial charge in [0.25, 0.3) is 0 Å². The molecule has 0 aromatic heterocycles. The zero-order valence-electron chi connectivity index (χ0n) is 11.3. The first kappa shape index (κ1) is 14.9. The van der Waals surface area contributed by atoms with Crippen molar-refractivity contribution in [2.75, 3.05) is 26.2 Å². The molecule has 1 unspecified atom stereocenters.